The Balaban J connectivity index is 1.68. The molecule has 104 valence electrons. The zero-order valence-corrected chi connectivity index (χ0v) is 12.1. The Morgan fingerprint density at radius 1 is 1.22 bits per heavy atom. The van der Waals surface area contributed by atoms with E-state index in [0.29, 0.717) is 24.2 Å². The minimum Gasteiger partial charge on any atom is -0.376 e. The van der Waals surface area contributed by atoms with Crippen molar-refractivity contribution in [3.63, 3.8) is 0 Å². The van der Waals surface area contributed by atoms with Gasteiger partial charge in [-0.05, 0) is 38.0 Å². The van der Waals surface area contributed by atoms with Crippen LogP contribution in [0.5, 0.6) is 0 Å². The Morgan fingerprint density at radius 2 is 2.00 bits per heavy atom. The average Bonchev–Trinajstić information content (AvgIpc) is 3.08. The van der Waals surface area contributed by atoms with Gasteiger partial charge in [0.2, 0.25) is 0 Å². The molecule has 3 nitrogen and oxygen atoms in total. The van der Waals surface area contributed by atoms with Crippen LogP contribution in [0.3, 0.4) is 0 Å². The Labute approximate surface area is 111 Å². The van der Waals surface area contributed by atoms with Crippen LogP contribution in [0.4, 0.5) is 0 Å². The van der Waals surface area contributed by atoms with Crippen LogP contribution in [0.15, 0.2) is 0 Å². The summed E-state index contributed by atoms with van der Waals surface area (Å²) < 4.78 is 6.02. The first-order valence-corrected chi connectivity index (χ1v) is 7.77. The van der Waals surface area contributed by atoms with Crippen LogP contribution in [-0.4, -0.2) is 48.8 Å². The average molecular weight is 252 g/mol. The molecule has 0 aromatic rings. The van der Waals surface area contributed by atoms with Gasteiger partial charge in [0.05, 0.1) is 6.10 Å². The molecule has 18 heavy (non-hydrogen) atoms. The second-order valence-corrected chi connectivity index (χ2v) is 6.83. The quantitative estimate of drug-likeness (QED) is 0.830. The number of rotatable bonds is 3. The fourth-order valence-electron chi connectivity index (χ4n) is 3.65. The van der Waals surface area contributed by atoms with Gasteiger partial charge in [-0.3, -0.25) is 4.90 Å². The molecule has 4 atom stereocenters. The van der Waals surface area contributed by atoms with Crippen molar-refractivity contribution in [2.75, 3.05) is 19.7 Å². The van der Waals surface area contributed by atoms with E-state index in [1.807, 2.05) is 0 Å². The van der Waals surface area contributed by atoms with Crippen LogP contribution in [0.2, 0.25) is 0 Å². The standard InChI is InChI=1S/C15H28N2O/c1-10(2)13-9-17(11(3)8-16-13)14-6-7-18-15(14)12-4-5-12/h10-16H,4-9H2,1-3H3. The molecule has 3 fully saturated rings. The Hall–Kier alpha value is -0.120. The van der Waals surface area contributed by atoms with E-state index < -0.39 is 0 Å². The molecule has 1 N–H and O–H groups in total. The summed E-state index contributed by atoms with van der Waals surface area (Å²) in [6.45, 7) is 10.3. The van der Waals surface area contributed by atoms with Crippen molar-refractivity contribution in [2.45, 2.75) is 64.3 Å². The lowest BCUT2D eigenvalue weighted by atomic mass is 9.95. The van der Waals surface area contributed by atoms with Crippen molar-refractivity contribution in [1.29, 1.82) is 0 Å². The van der Waals surface area contributed by atoms with E-state index in [1.54, 1.807) is 0 Å². The summed E-state index contributed by atoms with van der Waals surface area (Å²) in [5.74, 6) is 1.60. The van der Waals surface area contributed by atoms with Crippen molar-refractivity contribution < 1.29 is 4.74 Å². The van der Waals surface area contributed by atoms with Gasteiger partial charge < -0.3 is 10.1 Å². The van der Waals surface area contributed by atoms with Gasteiger partial charge in [0, 0.05) is 37.8 Å². The zero-order valence-electron chi connectivity index (χ0n) is 12.1. The van der Waals surface area contributed by atoms with Crippen LogP contribution in [0.1, 0.15) is 40.0 Å². The number of hydrogen-bond donors (Lipinski definition) is 1. The van der Waals surface area contributed by atoms with Gasteiger partial charge in [-0.2, -0.15) is 0 Å². The Kier molecular flexibility index (Phi) is 3.65. The van der Waals surface area contributed by atoms with Gasteiger partial charge in [0.15, 0.2) is 0 Å². The molecule has 1 aliphatic carbocycles. The number of hydrogen-bond acceptors (Lipinski definition) is 3. The maximum atomic E-state index is 6.02. The largest absolute Gasteiger partial charge is 0.376 e. The van der Waals surface area contributed by atoms with Gasteiger partial charge in [0.1, 0.15) is 0 Å². The molecule has 2 aliphatic heterocycles. The van der Waals surface area contributed by atoms with E-state index in [2.05, 4.69) is 31.0 Å². The molecular weight excluding hydrogens is 224 g/mol. The summed E-state index contributed by atoms with van der Waals surface area (Å²) in [5.41, 5.74) is 0. The van der Waals surface area contributed by atoms with Gasteiger partial charge in [-0.25, -0.2) is 0 Å². The van der Waals surface area contributed by atoms with Gasteiger partial charge in [-0.1, -0.05) is 13.8 Å². The number of nitrogens with zero attached hydrogens (tertiary/aromatic N) is 1. The second-order valence-electron chi connectivity index (χ2n) is 6.83. The maximum absolute atomic E-state index is 6.02. The van der Waals surface area contributed by atoms with E-state index in [9.17, 15) is 0 Å². The van der Waals surface area contributed by atoms with Gasteiger partial charge in [0.25, 0.3) is 0 Å². The van der Waals surface area contributed by atoms with Crippen LogP contribution >= 0.6 is 0 Å². The van der Waals surface area contributed by atoms with E-state index in [0.717, 1.165) is 25.0 Å². The zero-order chi connectivity index (χ0) is 12.7. The molecule has 4 unspecified atom stereocenters. The van der Waals surface area contributed by atoms with Crippen molar-refractivity contribution in [2.24, 2.45) is 11.8 Å². The van der Waals surface area contributed by atoms with E-state index in [4.69, 9.17) is 4.74 Å². The third kappa shape index (κ3) is 2.45. The molecule has 3 aliphatic rings. The molecule has 1 saturated carbocycles. The summed E-state index contributed by atoms with van der Waals surface area (Å²) in [4.78, 5) is 2.75. The monoisotopic (exact) mass is 252 g/mol. The third-order valence-electron chi connectivity index (χ3n) is 5.07. The lowest BCUT2D eigenvalue weighted by Crippen LogP contribution is -2.61. The smallest absolute Gasteiger partial charge is 0.0759 e. The molecule has 2 saturated heterocycles. The Bertz CT molecular complexity index is 290. The molecular formula is C15H28N2O. The fraction of sp³-hybridized carbons (Fsp3) is 1.00. The minimum absolute atomic E-state index is 0.540. The van der Waals surface area contributed by atoms with Crippen molar-refractivity contribution in [3.8, 4) is 0 Å². The molecule has 3 heteroatoms. The predicted molar refractivity (Wildman–Crippen MR) is 73.7 cm³/mol. The summed E-state index contributed by atoms with van der Waals surface area (Å²) in [6.07, 6.45) is 4.58. The highest BCUT2D eigenvalue weighted by atomic mass is 16.5. The first-order chi connectivity index (χ1) is 8.66. The molecule has 2 heterocycles. The maximum Gasteiger partial charge on any atom is 0.0759 e. The van der Waals surface area contributed by atoms with Crippen molar-refractivity contribution >= 4 is 0 Å². The molecule has 0 aromatic heterocycles. The molecule has 0 bridgehead atoms. The first-order valence-electron chi connectivity index (χ1n) is 7.77. The number of nitrogens with one attached hydrogen (secondary N) is 1. The fourth-order valence-corrected chi connectivity index (χ4v) is 3.65. The summed E-state index contributed by atoms with van der Waals surface area (Å²) in [6, 6.07) is 2.01. The summed E-state index contributed by atoms with van der Waals surface area (Å²) >= 11 is 0. The number of ether oxygens (including phenoxy) is 1. The van der Waals surface area contributed by atoms with Crippen molar-refractivity contribution in [1.82, 2.24) is 10.2 Å². The highest BCUT2D eigenvalue weighted by molar-refractivity contribution is 4.98. The lowest BCUT2D eigenvalue weighted by molar-refractivity contribution is 0.0119. The van der Waals surface area contributed by atoms with Crippen LogP contribution in [-0.2, 0) is 4.74 Å². The first kappa shape index (κ1) is 12.9. The van der Waals surface area contributed by atoms with Crippen LogP contribution in [0.25, 0.3) is 0 Å². The number of piperazine rings is 1. The SMILES string of the molecule is CC(C)C1CN(C2CCOC2C2CC2)C(C)CN1. The topological polar surface area (TPSA) is 24.5 Å². The minimum atomic E-state index is 0.540. The van der Waals surface area contributed by atoms with Crippen molar-refractivity contribution in [3.05, 3.63) is 0 Å². The molecule has 3 rings (SSSR count). The Morgan fingerprint density at radius 3 is 2.67 bits per heavy atom. The van der Waals surface area contributed by atoms with Crippen LogP contribution in [0, 0.1) is 11.8 Å². The highest BCUT2D eigenvalue weighted by Crippen LogP contribution is 2.41. The van der Waals surface area contributed by atoms with Gasteiger partial charge >= 0.3 is 0 Å². The van der Waals surface area contributed by atoms with Gasteiger partial charge in [-0.15, -0.1) is 0 Å². The predicted octanol–water partition coefficient (Wildman–Crippen LogP) is 1.87. The summed E-state index contributed by atoms with van der Waals surface area (Å²) in [7, 11) is 0. The van der Waals surface area contributed by atoms with Crippen LogP contribution < -0.4 is 5.32 Å². The molecule has 0 aromatic carbocycles. The van der Waals surface area contributed by atoms with E-state index in [1.165, 1.54) is 25.8 Å². The second kappa shape index (κ2) is 5.10. The van der Waals surface area contributed by atoms with E-state index in [-0.39, 0.29) is 0 Å². The lowest BCUT2D eigenvalue weighted by Gasteiger charge is -2.44. The molecule has 0 radical (unpaired) electrons. The normalized spacial score (nSPS) is 42.7. The third-order valence-corrected chi connectivity index (χ3v) is 5.07. The molecule has 0 spiro atoms. The summed E-state index contributed by atoms with van der Waals surface area (Å²) in [5, 5.41) is 3.70. The highest BCUT2D eigenvalue weighted by Gasteiger charge is 2.45. The van der Waals surface area contributed by atoms with E-state index >= 15 is 0 Å². The molecule has 0 amide bonds.